The van der Waals surface area contributed by atoms with E-state index >= 15 is 0 Å². The van der Waals surface area contributed by atoms with Gasteiger partial charge in [-0.1, -0.05) is 29.3 Å². The molecular formula is C17H22Cl2N2O4. The van der Waals surface area contributed by atoms with E-state index in [9.17, 15) is 14.7 Å². The van der Waals surface area contributed by atoms with E-state index in [0.717, 1.165) is 5.56 Å². The van der Waals surface area contributed by atoms with Crippen LogP contribution in [0.5, 0.6) is 0 Å². The van der Waals surface area contributed by atoms with Crippen LogP contribution in [0, 0.1) is 0 Å². The molecule has 1 atom stereocenters. The molecule has 0 aliphatic carbocycles. The fourth-order valence-electron chi connectivity index (χ4n) is 2.62. The van der Waals surface area contributed by atoms with Gasteiger partial charge in [0.25, 0.3) is 0 Å². The molecule has 1 fully saturated rings. The van der Waals surface area contributed by atoms with Crippen molar-refractivity contribution in [1.29, 1.82) is 0 Å². The van der Waals surface area contributed by atoms with E-state index in [1.807, 2.05) is 11.0 Å². The molecule has 1 aromatic carbocycles. The standard InChI is InChI=1S/C17H22Cl2N2O4/c1-17(2,3)25-16(24)21-7-6-20(10-14(21)15(22)23)9-11-4-5-12(18)8-13(11)19/h4-5,8,14H,6-7,9-10H2,1-3H3,(H,22,23)/t14-/m0/s1. The lowest BCUT2D eigenvalue weighted by Crippen LogP contribution is -2.58. The third-order valence-corrected chi connectivity index (χ3v) is 4.37. The van der Waals surface area contributed by atoms with Crippen LogP contribution >= 0.6 is 23.2 Å². The second kappa shape index (κ2) is 7.81. The minimum Gasteiger partial charge on any atom is -0.480 e. The number of ether oxygens (including phenoxy) is 1. The van der Waals surface area contributed by atoms with E-state index in [-0.39, 0.29) is 13.1 Å². The zero-order valence-electron chi connectivity index (χ0n) is 14.5. The number of nitrogens with zero attached hydrogens (tertiary/aromatic N) is 2. The minimum absolute atomic E-state index is 0.202. The number of carboxylic acid groups (broad SMARTS) is 1. The molecule has 1 heterocycles. The lowest BCUT2D eigenvalue weighted by molar-refractivity contribution is -0.145. The van der Waals surface area contributed by atoms with Crippen LogP contribution in [-0.4, -0.2) is 58.2 Å². The molecule has 0 radical (unpaired) electrons. The molecule has 0 bridgehead atoms. The van der Waals surface area contributed by atoms with Crippen LogP contribution in [0.15, 0.2) is 18.2 Å². The zero-order valence-corrected chi connectivity index (χ0v) is 16.0. The monoisotopic (exact) mass is 388 g/mol. The highest BCUT2D eigenvalue weighted by Crippen LogP contribution is 2.24. The van der Waals surface area contributed by atoms with Gasteiger partial charge in [-0.2, -0.15) is 0 Å². The summed E-state index contributed by atoms with van der Waals surface area (Å²) in [5, 5.41) is 10.6. The first-order valence-corrected chi connectivity index (χ1v) is 8.71. The summed E-state index contributed by atoms with van der Waals surface area (Å²) in [5.74, 6) is -1.06. The Hall–Kier alpha value is -1.50. The summed E-state index contributed by atoms with van der Waals surface area (Å²) in [6.45, 7) is 6.74. The van der Waals surface area contributed by atoms with Crippen LogP contribution in [0.2, 0.25) is 10.0 Å². The van der Waals surface area contributed by atoms with Gasteiger partial charge in [0.2, 0.25) is 0 Å². The van der Waals surface area contributed by atoms with Crippen molar-refractivity contribution >= 4 is 35.3 Å². The van der Waals surface area contributed by atoms with Gasteiger partial charge < -0.3 is 9.84 Å². The Morgan fingerprint density at radius 3 is 2.52 bits per heavy atom. The number of hydrogen-bond acceptors (Lipinski definition) is 4. The van der Waals surface area contributed by atoms with Gasteiger partial charge in [0.05, 0.1) is 0 Å². The third-order valence-electron chi connectivity index (χ3n) is 3.79. The van der Waals surface area contributed by atoms with Crippen molar-refractivity contribution < 1.29 is 19.4 Å². The number of carbonyl (C=O) groups excluding carboxylic acids is 1. The van der Waals surface area contributed by atoms with Gasteiger partial charge in [0.15, 0.2) is 0 Å². The number of halogens is 2. The first-order valence-electron chi connectivity index (χ1n) is 7.95. The molecule has 25 heavy (non-hydrogen) atoms. The van der Waals surface area contributed by atoms with Crippen molar-refractivity contribution in [2.75, 3.05) is 19.6 Å². The summed E-state index contributed by atoms with van der Waals surface area (Å²) in [4.78, 5) is 27.1. The van der Waals surface area contributed by atoms with Gasteiger partial charge in [-0.3, -0.25) is 9.80 Å². The van der Waals surface area contributed by atoms with Crippen molar-refractivity contribution in [3.05, 3.63) is 33.8 Å². The maximum absolute atomic E-state index is 12.3. The van der Waals surface area contributed by atoms with E-state index in [1.54, 1.807) is 32.9 Å². The minimum atomic E-state index is -1.06. The van der Waals surface area contributed by atoms with Crippen molar-refractivity contribution in [3.8, 4) is 0 Å². The van der Waals surface area contributed by atoms with Crippen LogP contribution in [0.3, 0.4) is 0 Å². The number of carbonyl (C=O) groups is 2. The fraction of sp³-hybridized carbons (Fsp3) is 0.529. The highest BCUT2D eigenvalue weighted by molar-refractivity contribution is 6.35. The summed E-state index contributed by atoms with van der Waals surface area (Å²) < 4.78 is 5.31. The summed E-state index contributed by atoms with van der Waals surface area (Å²) in [5.41, 5.74) is 0.189. The number of carboxylic acids is 1. The third kappa shape index (κ3) is 5.49. The number of piperazine rings is 1. The van der Waals surface area contributed by atoms with Crippen molar-refractivity contribution in [2.45, 2.75) is 39.0 Å². The molecule has 0 aromatic heterocycles. The predicted octanol–water partition coefficient (Wildman–Crippen LogP) is 3.50. The average molecular weight is 389 g/mol. The second-order valence-electron chi connectivity index (χ2n) is 7.00. The summed E-state index contributed by atoms with van der Waals surface area (Å²) in [7, 11) is 0. The molecule has 1 N–H and O–H groups in total. The van der Waals surface area contributed by atoms with Crippen LogP contribution in [0.1, 0.15) is 26.3 Å². The number of benzene rings is 1. The maximum atomic E-state index is 12.3. The van der Waals surface area contributed by atoms with Crippen molar-refractivity contribution in [2.24, 2.45) is 0 Å². The zero-order chi connectivity index (χ0) is 18.8. The Morgan fingerprint density at radius 2 is 1.96 bits per heavy atom. The Balaban J connectivity index is 2.08. The average Bonchev–Trinajstić information content (AvgIpc) is 2.48. The molecule has 2 rings (SSSR count). The maximum Gasteiger partial charge on any atom is 0.411 e. The number of aliphatic carboxylic acids is 1. The molecule has 0 unspecified atom stereocenters. The normalized spacial score (nSPS) is 18.9. The second-order valence-corrected chi connectivity index (χ2v) is 7.84. The van der Waals surface area contributed by atoms with Gasteiger partial charge in [-0.15, -0.1) is 0 Å². The first kappa shape index (κ1) is 19.8. The Labute approximate surface area is 157 Å². The molecule has 0 spiro atoms. The van der Waals surface area contributed by atoms with Gasteiger partial charge >= 0.3 is 12.1 Å². The van der Waals surface area contributed by atoms with Gasteiger partial charge in [-0.25, -0.2) is 9.59 Å². The Bertz CT molecular complexity index is 661. The van der Waals surface area contributed by atoms with E-state index in [4.69, 9.17) is 27.9 Å². The molecule has 138 valence electrons. The molecule has 1 aromatic rings. The van der Waals surface area contributed by atoms with E-state index < -0.39 is 23.7 Å². The lowest BCUT2D eigenvalue weighted by Gasteiger charge is -2.39. The Kier molecular flexibility index (Phi) is 6.19. The largest absolute Gasteiger partial charge is 0.480 e. The van der Waals surface area contributed by atoms with E-state index in [2.05, 4.69) is 0 Å². The molecule has 1 saturated heterocycles. The fourth-order valence-corrected chi connectivity index (χ4v) is 3.09. The molecule has 0 saturated carbocycles. The summed E-state index contributed by atoms with van der Waals surface area (Å²) >= 11 is 12.1. The van der Waals surface area contributed by atoms with Crippen molar-refractivity contribution in [3.63, 3.8) is 0 Å². The summed E-state index contributed by atoms with van der Waals surface area (Å²) in [6, 6.07) is 4.26. The molecule has 1 amide bonds. The first-order chi connectivity index (χ1) is 11.6. The molecule has 1 aliphatic heterocycles. The SMILES string of the molecule is CC(C)(C)OC(=O)N1CCN(Cc2ccc(Cl)cc2Cl)C[C@H]1C(=O)O. The number of rotatable bonds is 3. The van der Waals surface area contributed by atoms with Gasteiger partial charge in [0, 0.05) is 36.2 Å². The highest BCUT2D eigenvalue weighted by Gasteiger charge is 2.37. The van der Waals surface area contributed by atoms with Crippen LogP contribution in [0.25, 0.3) is 0 Å². The lowest BCUT2D eigenvalue weighted by atomic mass is 10.1. The topological polar surface area (TPSA) is 70.1 Å². The van der Waals surface area contributed by atoms with Crippen molar-refractivity contribution in [1.82, 2.24) is 9.80 Å². The Morgan fingerprint density at radius 1 is 1.28 bits per heavy atom. The van der Waals surface area contributed by atoms with Crippen LogP contribution in [-0.2, 0) is 16.1 Å². The van der Waals surface area contributed by atoms with Gasteiger partial charge in [-0.05, 0) is 38.5 Å². The molecule has 1 aliphatic rings. The van der Waals surface area contributed by atoms with Gasteiger partial charge in [0.1, 0.15) is 11.6 Å². The summed E-state index contributed by atoms with van der Waals surface area (Å²) in [6.07, 6.45) is -0.607. The van der Waals surface area contributed by atoms with Crippen LogP contribution in [0.4, 0.5) is 4.79 Å². The molecule has 6 nitrogen and oxygen atoms in total. The van der Waals surface area contributed by atoms with Crippen LogP contribution < -0.4 is 0 Å². The van der Waals surface area contributed by atoms with E-state index in [1.165, 1.54) is 4.90 Å². The quantitative estimate of drug-likeness (QED) is 0.857. The smallest absolute Gasteiger partial charge is 0.411 e. The number of hydrogen-bond donors (Lipinski definition) is 1. The predicted molar refractivity (Wildman–Crippen MR) is 96.1 cm³/mol. The number of amides is 1. The van der Waals surface area contributed by atoms with E-state index in [0.29, 0.717) is 23.1 Å². The molecule has 8 heteroatoms. The highest BCUT2D eigenvalue weighted by atomic mass is 35.5. The molecular weight excluding hydrogens is 367 g/mol.